The third-order valence-corrected chi connectivity index (χ3v) is 10.5. The van der Waals surface area contributed by atoms with Crippen LogP contribution in [0.15, 0.2) is 74.4 Å². The molecule has 0 aromatic heterocycles. The Balaban J connectivity index is 1.06. The molecule has 2 aromatic rings. The van der Waals surface area contributed by atoms with E-state index in [1.807, 2.05) is 30.3 Å². The van der Waals surface area contributed by atoms with Crippen molar-refractivity contribution in [2.75, 3.05) is 39.6 Å². The molecule has 0 unspecified atom stereocenters. The summed E-state index contributed by atoms with van der Waals surface area (Å²) in [5.41, 5.74) is 0.868. The van der Waals surface area contributed by atoms with Crippen LogP contribution >= 0.6 is 0 Å². The smallest absolute Gasteiger partial charge is 0.330 e. The maximum atomic E-state index is 12.9. The van der Waals surface area contributed by atoms with Gasteiger partial charge in [0.15, 0.2) is 0 Å². The van der Waals surface area contributed by atoms with Gasteiger partial charge in [0.25, 0.3) is 0 Å². The summed E-state index contributed by atoms with van der Waals surface area (Å²) in [5.74, 6) is 2.06. The highest BCUT2D eigenvalue weighted by Crippen LogP contribution is 2.34. The highest BCUT2D eigenvalue weighted by atomic mass is 16.5. The number of ether oxygens (including phenoxy) is 7. The van der Waals surface area contributed by atoms with Gasteiger partial charge in [0.1, 0.15) is 23.0 Å². The predicted octanol–water partition coefficient (Wildman–Crippen LogP) is 9.03. The Morgan fingerprint density at radius 1 is 0.526 bits per heavy atom. The Hall–Kier alpha value is -5.06. The fraction of sp³-hybridized carbons (Fsp3) is 0.522. The first-order chi connectivity index (χ1) is 27.8. The molecular weight excluding hydrogens is 728 g/mol. The average molecular weight is 789 g/mol. The lowest BCUT2D eigenvalue weighted by Crippen LogP contribution is -2.27. The maximum Gasteiger partial charge on any atom is 0.330 e. The van der Waals surface area contributed by atoms with Crippen LogP contribution in [0.3, 0.4) is 0 Å². The van der Waals surface area contributed by atoms with Crippen LogP contribution in [0.2, 0.25) is 0 Å². The standard InChI is InChI=1S/C46H60O11/c1-4-36-31-41(25-26-42(36)56-33-35-13-17-37(18-14-35)45(49)54-30-12-11-29-53-44(48)6-3)55-32-34-15-19-38(20-16-34)46(50)57-40-23-21-39(22-24-40)51-27-9-7-8-10-28-52-43(47)5-2/h4-6,21-26,31,34-35,37-38H,1-3,7-20,27-30,32-33H2. The first-order valence-corrected chi connectivity index (χ1v) is 20.5. The van der Waals surface area contributed by atoms with Crippen LogP contribution in [0.1, 0.15) is 95.5 Å². The van der Waals surface area contributed by atoms with E-state index in [0.717, 1.165) is 106 Å². The molecule has 0 spiro atoms. The summed E-state index contributed by atoms with van der Waals surface area (Å²) in [4.78, 5) is 47.6. The Morgan fingerprint density at radius 3 is 1.60 bits per heavy atom. The molecule has 2 aromatic carbocycles. The van der Waals surface area contributed by atoms with Crippen LogP contribution in [0.5, 0.6) is 23.0 Å². The fourth-order valence-electron chi connectivity index (χ4n) is 6.97. The average Bonchev–Trinajstić information content (AvgIpc) is 3.24. The molecule has 11 heteroatoms. The van der Waals surface area contributed by atoms with Gasteiger partial charge >= 0.3 is 23.9 Å². The Bertz CT molecular complexity index is 1580. The molecule has 0 amide bonds. The molecule has 11 nitrogen and oxygen atoms in total. The Labute approximate surface area is 337 Å². The van der Waals surface area contributed by atoms with E-state index >= 15 is 0 Å². The summed E-state index contributed by atoms with van der Waals surface area (Å²) in [6.07, 6.45) is 15.6. The van der Waals surface area contributed by atoms with E-state index < -0.39 is 5.97 Å². The normalized spacial score (nSPS) is 18.9. The molecule has 0 heterocycles. The van der Waals surface area contributed by atoms with E-state index in [1.165, 1.54) is 6.08 Å². The third-order valence-electron chi connectivity index (χ3n) is 10.5. The van der Waals surface area contributed by atoms with Crippen LogP contribution < -0.4 is 18.9 Å². The number of rotatable bonds is 25. The van der Waals surface area contributed by atoms with E-state index in [2.05, 4.69) is 19.7 Å². The molecule has 57 heavy (non-hydrogen) atoms. The lowest BCUT2D eigenvalue weighted by Gasteiger charge is -2.28. The largest absolute Gasteiger partial charge is 0.494 e. The molecule has 2 fully saturated rings. The van der Waals surface area contributed by atoms with Crippen LogP contribution in [0.25, 0.3) is 6.08 Å². The van der Waals surface area contributed by atoms with Crippen molar-refractivity contribution in [3.05, 3.63) is 79.9 Å². The quantitative estimate of drug-likeness (QED) is 0.0314. The first kappa shape index (κ1) is 44.7. The lowest BCUT2D eigenvalue weighted by atomic mass is 9.82. The van der Waals surface area contributed by atoms with Gasteiger partial charge in [-0.25, -0.2) is 9.59 Å². The number of benzene rings is 2. The topological polar surface area (TPSA) is 133 Å². The molecule has 0 aliphatic heterocycles. The van der Waals surface area contributed by atoms with E-state index in [4.69, 9.17) is 33.2 Å². The molecule has 310 valence electrons. The molecule has 0 saturated heterocycles. The zero-order chi connectivity index (χ0) is 40.7. The number of esters is 4. The van der Waals surface area contributed by atoms with Crippen molar-refractivity contribution in [1.29, 1.82) is 0 Å². The number of hydrogen-bond donors (Lipinski definition) is 0. The molecule has 2 saturated carbocycles. The van der Waals surface area contributed by atoms with Crippen LogP contribution in [-0.2, 0) is 33.4 Å². The van der Waals surface area contributed by atoms with Crippen molar-refractivity contribution in [3.8, 4) is 23.0 Å². The summed E-state index contributed by atoms with van der Waals surface area (Å²) < 4.78 is 39.3. The van der Waals surface area contributed by atoms with Crippen LogP contribution in [0.4, 0.5) is 0 Å². The summed E-state index contributed by atoms with van der Waals surface area (Å²) in [5, 5.41) is 0. The minimum absolute atomic E-state index is 0.0865. The second kappa shape index (κ2) is 25.2. The van der Waals surface area contributed by atoms with Crippen molar-refractivity contribution in [2.45, 2.75) is 89.9 Å². The van der Waals surface area contributed by atoms with Gasteiger partial charge in [-0.05, 0) is 144 Å². The van der Waals surface area contributed by atoms with Gasteiger partial charge in [-0.2, -0.15) is 0 Å². The molecule has 2 aliphatic rings. The highest BCUT2D eigenvalue weighted by molar-refractivity contribution is 5.81. The van der Waals surface area contributed by atoms with Gasteiger partial charge in [-0.3, -0.25) is 9.59 Å². The SMILES string of the molecule is C=CC(=O)OCCCCCCOc1ccc(OC(=O)C2CCC(COc3ccc(OCC4CCC(C(=O)OCCCCOC(=O)C=C)CC4)c(C=C)c3)CC2)cc1. The molecule has 0 atom stereocenters. The maximum absolute atomic E-state index is 12.9. The van der Waals surface area contributed by atoms with Crippen molar-refractivity contribution in [3.63, 3.8) is 0 Å². The van der Waals surface area contributed by atoms with Gasteiger partial charge in [-0.15, -0.1) is 0 Å². The minimum atomic E-state index is -0.445. The predicted molar refractivity (Wildman–Crippen MR) is 217 cm³/mol. The van der Waals surface area contributed by atoms with Crippen LogP contribution in [0, 0.1) is 23.7 Å². The van der Waals surface area contributed by atoms with Crippen molar-refractivity contribution in [2.24, 2.45) is 23.7 Å². The molecule has 0 radical (unpaired) electrons. The van der Waals surface area contributed by atoms with E-state index in [9.17, 15) is 19.2 Å². The Kier molecular flexibility index (Phi) is 19.8. The second-order valence-corrected chi connectivity index (χ2v) is 14.7. The van der Waals surface area contributed by atoms with Crippen molar-refractivity contribution >= 4 is 30.0 Å². The van der Waals surface area contributed by atoms with E-state index in [-0.39, 0.29) is 29.7 Å². The minimum Gasteiger partial charge on any atom is -0.494 e. The fourth-order valence-corrected chi connectivity index (χ4v) is 6.97. The van der Waals surface area contributed by atoms with Gasteiger partial charge < -0.3 is 33.2 Å². The third kappa shape index (κ3) is 16.5. The monoisotopic (exact) mass is 788 g/mol. The summed E-state index contributed by atoms with van der Waals surface area (Å²) in [6, 6.07) is 13.0. The van der Waals surface area contributed by atoms with Gasteiger partial charge in [-0.1, -0.05) is 25.8 Å². The number of carbonyl (C=O) groups excluding carboxylic acids is 4. The van der Waals surface area contributed by atoms with Gasteiger partial charge in [0, 0.05) is 17.7 Å². The van der Waals surface area contributed by atoms with Crippen LogP contribution in [-0.4, -0.2) is 63.5 Å². The van der Waals surface area contributed by atoms with E-state index in [1.54, 1.807) is 18.2 Å². The number of unbranched alkanes of at least 4 members (excludes halogenated alkanes) is 4. The number of carbonyl (C=O) groups is 4. The second-order valence-electron chi connectivity index (χ2n) is 14.7. The zero-order valence-corrected chi connectivity index (χ0v) is 33.3. The van der Waals surface area contributed by atoms with E-state index in [0.29, 0.717) is 70.1 Å². The van der Waals surface area contributed by atoms with Gasteiger partial charge in [0.2, 0.25) is 0 Å². The molecule has 4 rings (SSSR count). The summed E-state index contributed by atoms with van der Waals surface area (Å²) >= 11 is 0. The highest BCUT2D eigenvalue weighted by Gasteiger charge is 2.29. The zero-order valence-electron chi connectivity index (χ0n) is 33.3. The Morgan fingerprint density at radius 2 is 1.02 bits per heavy atom. The summed E-state index contributed by atoms with van der Waals surface area (Å²) in [6.45, 7) is 13.5. The molecule has 0 bridgehead atoms. The van der Waals surface area contributed by atoms with Gasteiger partial charge in [0.05, 0.1) is 51.5 Å². The molecule has 0 N–H and O–H groups in total. The van der Waals surface area contributed by atoms with Crippen molar-refractivity contribution in [1.82, 2.24) is 0 Å². The molecular formula is C46H60O11. The number of hydrogen-bond acceptors (Lipinski definition) is 11. The summed E-state index contributed by atoms with van der Waals surface area (Å²) in [7, 11) is 0. The lowest BCUT2D eigenvalue weighted by molar-refractivity contribution is -0.150. The molecule has 2 aliphatic carbocycles. The van der Waals surface area contributed by atoms with Crippen molar-refractivity contribution < 1.29 is 52.3 Å². The first-order valence-electron chi connectivity index (χ1n) is 20.5.